The molecule has 2 aliphatic carbocycles. The Morgan fingerprint density at radius 1 is 1.19 bits per heavy atom. The Bertz CT molecular complexity index is 672. The lowest BCUT2D eigenvalue weighted by Crippen LogP contribution is -2.54. The summed E-state index contributed by atoms with van der Waals surface area (Å²) in [7, 11) is 0. The zero-order valence-electron chi connectivity index (χ0n) is 16.1. The summed E-state index contributed by atoms with van der Waals surface area (Å²) in [5.74, 6) is 2.27. The number of piperazine rings is 1. The fraction of sp³-hybridized carbons (Fsp3) is 0.810. The van der Waals surface area contributed by atoms with Crippen LogP contribution in [0.1, 0.15) is 62.9 Å². The molecule has 0 N–H and O–H groups in total. The Morgan fingerprint density at radius 2 is 2.00 bits per heavy atom. The van der Waals surface area contributed by atoms with E-state index in [9.17, 15) is 4.79 Å². The second-order valence-corrected chi connectivity index (χ2v) is 9.24. The smallest absolute Gasteiger partial charge is 0.225 e. The third kappa shape index (κ3) is 2.88. The standard InChI is InChI=1S/C21H32N4O/c1-15-10-17(11-15)21(26)24-9-8-23-7-6-18-20(19(23)13-24)22-14-25(18)12-16-4-2-3-5-16/h14-17,19H,2-13H2,1H3. The number of hydrogen-bond acceptors (Lipinski definition) is 3. The van der Waals surface area contributed by atoms with Crippen molar-refractivity contribution in [2.75, 3.05) is 26.2 Å². The molecule has 0 radical (unpaired) electrons. The number of imidazole rings is 1. The number of amides is 1. The van der Waals surface area contributed by atoms with Crippen molar-refractivity contribution in [1.82, 2.24) is 19.4 Å². The average molecular weight is 357 g/mol. The van der Waals surface area contributed by atoms with Gasteiger partial charge in [-0.15, -0.1) is 0 Å². The number of nitrogens with zero attached hydrogens (tertiary/aromatic N) is 4. The molecule has 3 fully saturated rings. The Kier molecular flexibility index (Phi) is 4.30. The van der Waals surface area contributed by atoms with Gasteiger partial charge in [-0.3, -0.25) is 9.69 Å². The van der Waals surface area contributed by atoms with E-state index in [1.807, 2.05) is 0 Å². The first-order valence-corrected chi connectivity index (χ1v) is 10.8. The lowest BCUT2D eigenvalue weighted by Gasteiger charge is -2.45. The number of hydrogen-bond donors (Lipinski definition) is 0. The van der Waals surface area contributed by atoms with Gasteiger partial charge in [0.15, 0.2) is 0 Å². The first-order chi connectivity index (χ1) is 12.7. The molecule has 1 atom stereocenters. The second kappa shape index (κ2) is 6.66. The van der Waals surface area contributed by atoms with E-state index >= 15 is 0 Å². The number of carbonyl (C=O) groups is 1. The van der Waals surface area contributed by atoms with Gasteiger partial charge in [0, 0.05) is 50.8 Å². The van der Waals surface area contributed by atoms with Crippen molar-refractivity contribution < 1.29 is 4.79 Å². The summed E-state index contributed by atoms with van der Waals surface area (Å²) in [4.78, 5) is 22.4. The first-order valence-electron chi connectivity index (χ1n) is 10.8. The van der Waals surface area contributed by atoms with E-state index in [1.54, 1.807) is 0 Å². The second-order valence-electron chi connectivity index (χ2n) is 9.24. The number of fused-ring (bicyclic) bond motifs is 3. The first kappa shape index (κ1) is 16.8. The lowest BCUT2D eigenvalue weighted by atomic mass is 9.75. The minimum absolute atomic E-state index is 0.291. The monoisotopic (exact) mass is 356 g/mol. The van der Waals surface area contributed by atoms with Crippen LogP contribution in [0.4, 0.5) is 0 Å². The summed E-state index contributed by atoms with van der Waals surface area (Å²) in [5, 5.41) is 0. The predicted octanol–water partition coefficient (Wildman–Crippen LogP) is 2.86. The molecular weight excluding hydrogens is 324 g/mol. The largest absolute Gasteiger partial charge is 0.339 e. The van der Waals surface area contributed by atoms with Gasteiger partial charge in [0.05, 0.1) is 18.1 Å². The fourth-order valence-corrected chi connectivity index (χ4v) is 5.76. The maximum absolute atomic E-state index is 12.8. The molecule has 1 amide bonds. The third-order valence-electron chi connectivity index (χ3n) is 7.39. The van der Waals surface area contributed by atoms with Crippen LogP contribution in [0.25, 0.3) is 0 Å². The molecule has 1 saturated heterocycles. The highest BCUT2D eigenvalue weighted by atomic mass is 16.2. The number of rotatable bonds is 3. The van der Waals surface area contributed by atoms with Gasteiger partial charge in [-0.25, -0.2) is 4.98 Å². The van der Waals surface area contributed by atoms with Crippen molar-refractivity contribution in [2.45, 2.75) is 64.5 Å². The number of aromatic nitrogens is 2. The predicted molar refractivity (Wildman–Crippen MR) is 101 cm³/mol. The summed E-state index contributed by atoms with van der Waals surface area (Å²) >= 11 is 0. The van der Waals surface area contributed by atoms with Crippen LogP contribution < -0.4 is 0 Å². The highest BCUT2D eigenvalue weighted by molar-refractivity contribution is 5.80. The minimum atomic E-state index is 0.291. The Morgan fingerprint density at radius 3 is 2.77 bits per heavy atom. The Hall–Kier alpha value is -1.36. The molecule has 5 rings (SSSR count). The summed E-state index contributed by atoms with van der Waals surface area (Å²) in [6.45, 7) is 7.28. The van der Waals surface area contributed by atoms with Crippen LogP contribution in [0.2, 0.25) is 0 Å². The highest BCUT2D eigenvalue weighted by Gasteiger charge is 2.40. The van der Waals surface area contributed by atoms with E-state index in [0.29, 0.717) is 17.9 Å². The molecule has 142 valence electrons. The molecule has 5 nitrogen and oxygen atoms in total. The molecule has 0 aromatic carbocycles. The van der Waals surface area contributed by atoms with Gasteiger partial charge >= 0.3 is 0 Å². The van der Waals surface area contributed by atoms with E-state index in [0.717, 1.165) is 63.8 Å². The quantitative estimate of drug-likeness (QED) is 0.836. The molecular formula is C21H32N4O. The van der Waals surface area contributed by atoms with Crippen LogP contribution in [-0.2, 0) is 17.8 Å². The molecule has 0 spiro atoms. The van der Waals surface area contributed by atoms with Gasteiger partial charge in [0.1, 0.15) is 0 Å². The van der Waals surface area contributed by atoms with Crippen LogP contribution in [-0.4, -0.2) is 51.4 Å². The molecule has 1 aromatic heterocycles. The van der Waals surface area contributed by atoms with Crippen molar-refractivity contribution in [1.29, 1.82) is 0 Å². The zero-order valence-corrected chi connectivity index (χ0v) is 16.1. The summed E-state index contributed by atoms with van der Waals surface area (Å²) in [6, 6.07) is 0.318. The SMILES string of the molecule is CC1CC(C(=O)N2CCN3CCc4c(ncn4CC4CCCC4)C3C2)C1. The van der Waals surface area contributed by atoms with Gasteiger partial charge in [-0.05, 0) is 37.5 Å². The molecule has 4 aliphatic rings. The Labute approximate surface area is 156 Å². The third-order valence-corrected chi connectivity index (χ3v) is 7.39. The van der Waals surface area contributed by atoms with E-state index in [2.05, 4.69) is 27.6 Å². The molecule has 2 saturated carbocycles. The highest BCUT2D eigenvalue weighted by Crippen LogP contribution is 2.37. The molecule has 1 aromatic rings. The van der Waals surface area contributed by atoms with Crippen LogP contribution in [0, 0.1) is 17.8 Å². The fourth-order valence-electron chi connectivity index (χ4n) is 5.76. The van der Waals surface area contributed by atoms with Crippen LogP contribution in [0.3, 0.4) is 0 Å². The maximum Gasteiger partial charge on any atom is 0.225 e. The van der Waals surface area contributed by atoms with E-state index in [-0.39, 0.29) is 0 Å². The van der Waals surface area contributed by atoms with Gasteiger partial charge in [-0.1, -0.05) is 19.8 Å². The van der Waals surface area contributed by atoms with Crippen molar-refractivity contribution in [3.8, 4) is 0 Å². The summed E-state index contributed by atoms with van der Waals surface area (Å²) in [5.41, 5.74) is 2.71. The van der Waals surface area contributed by atoms with E-state index in [1.165, 1.54) is 37.1 Å². The molecule has 3 heterocycles. The van der Waals surface area contributed by atoms with Gasteiger partial charge < -0.3 is 9.47 Å². The van der Waals surface area contributed by atoms with Crippen LogP contribution in [0.5, 0.6) is 0 Å². The maximum atomic E-state index is 12.8. The average Bonchev–Trinajstić information content (AvgIpc) is 3.28. The lowest BCUT2D eigenvalue weighted by molar-refractivity contribution is -0.143. The molecule has 1 unspecified atom stereocenters. The van der Waals surface area contributed by atoms with E-state index < -0.39 is 0 Å². The van der Waals surface area contributed by atoms with Crippen molar-refractivity contribution in [3.63, 3.8) is 0 Å². The molecule has 26 heavy (non-hydrogen) atoms. The van der Waals surface area contributed by atoms with Crippen LogP contribution in [0.15, 0.2) is 6.33 Å². The summed E-state index contributed by atoms with van der Waals surface area (Å²) in [6.07, 6.45) is 10.9. The van der Waals surface area contributed by atoms with Crippen LogP contribution >= 0.6 is 0 Å². The van der Waals surface area contributed by atoms with Crippen molar-refractivity contribution in [3.05, 3.63) is 17.7 Å². The van der Waals surface area contributed by atoms with Gasteiger partial charge in [0.2, 0.25) is 5.91 Å². The molecule has 2 aliphatic heterocycles. The zero-order chi connectivity index (χ0) is 17.7. The summed E-state index contributed by atoms with van der Waals surface area (Å²) < 4.78 is 2.44. The molecule has 0 bridgehead atoms. The van der Waals surface area contributed by atoms with Crippen molar-refractivity contribution >= 4 is 5.91 Å². The van der Waals surface area contributed by atoms with E-state index in [4.69, 9.17) is 4.98 Å². The van der Waals surface area contributed by atoms with Gasteiger partial charge in [-0.2, -0.15) is 0 Å². The topological polar surface area (TPSA) is 41.4 Å². The van der Waals surface area contributed by atoms with Crippen molar-refractivity contribution in [2.24, 2.45) is 17.8 Å². The normalized spacial score (nSPS) is 32.2. The van der Waals surface area contributed by atoms with Gasteiger partial charge in [0.25, 0.3) is 0 Å². The molecule has 5 heteroatoms. The Balaban J connectivity index is 1.31. The minimum Gasteiger partial charge on any atom is -0.339 e. The number of carbonyl (C=O) groups excluding carboxylic acids is 1.